The number of amides is 1. The molecule has 4 aromatic carbocycles. The van der Waals surface area contributed by atoms with Gasteiger partial charge in [-0.15, -0.1) is 11.8 Å². The summed E-state index contributed by atoms with van der Waals surface area (Å²) in [5, 5.41) is 7.07. The zero-order valence-corrected chi connectivity index (χ0v) is 24.3. The fourth-order valence-corrected chi connectivity index (χ4v) is 5.86. The molecule has 1 saturated heterocycles. The number of carbonyl (C=O) groups excluding carboxylic acids is 2. The molecule has 0 atom stereocenters. The molecular formula is C34H38N2O4S. The topological polar surface area (TPSA) is 67.9 Å². The summed E-state index contributed by atoms with van der Waals surface area (Å²) in [6.45, 7) is 4.71. The molecule has 4 aromatic rings. The third kappa shape index (κ3) is 8.47. The summed E-state index contributed by atoms with van der Waals surface area (Å²) < 4.78 is 11.4. The lowest BCUT2D eigenvalue weighted by atomic mass is 10.00. The second kappa shape index (κ2) is 14.9. The SMILES string of the molecule is O=C(CSCCOC(=O)c1cccc2cc3ccccc3cc12)NCCCOc1cccc(CN2CCCCC2)c1. The molecule has 0 saturated carbocycles. The number of fused-ring (bicyclic) bond motifs is 2. The Hall–Kier alpha value is -3.55. The van der Waals surface area contributed by atoms with Gasteiger partial charge in [-0.1, -0.05) is 55.0 Å². The van der Waals surface area contributed by atoms with E-state index in [0.717, 1.165) is 40.3 Å². The molecule has 1 N–H and O–H groups in total. The molecule has 0 unspecified atom stereocenters. The number of thioether (sulfide) groups is 1. The van der Waals surface area contributed by atoms with Crippen LogP contribution in [0.25, 0.3) is 21.5 Å². The smallest absolute Gasteiger partial charge is 0.338 e. The molecule has 0 bridgehead atoms. The van der Waals surface area contributed by atoms with Crippen molar-refractivity contribution in [2.75, 3.05) is 44.4 Å². The second-order valence-electron chi connectivity index (χ2n) is 10.5. The largest absolute Gasteiger partial charge is 0.494 e. The van der Waals surface area contributed by atoms with Crippen molar-refractivity contribution in [1.82, 2.24) is 10.2 Å². The van der Waals surface area contributed by atoms with E-state index < -0.39 is 0 Å². The molecule has 0 aliphatic carbocycles. The molecule has 5 rings (SSSR count). The lowest BCUT2D eigenvalue weighted by Gasteiger charge is -2.26. The Labute approximate surface area is 246 Å². The summed E-state index contributed by atoms with van der Waals surface area (Å²) in [5.74, 6) is 1.41. The summed E-state index contributed by atoms with van der Waals surface area (Å²) >= 11 is 1.46. The van der Waals surface area contributed by atoms with E-state index in [4.69, 9.17) is 9.47 Å². The third-order valence-electron chi connectivity index (χ3n) is 7.33. The Morgan fingerprint density at radius 3 is 2.46 bits per heavy atom. The lowest BCUT2D eigenvalue weighted by Crippen LogP contribution is -2.29. The number of nitrogens with one attached hydrogen (secondary N) is 1. The van der Waals surface area contributed by atoms with E-state index in [-0.39, 0.29) is 18.5 Å². The van der Waals surface area contributed by atoms with Gasteiger partial charge in [0, 0.05) is 18.8 Å². The van der Waals surface area contributed by atoms with Gasteiger partial charge in [0.15, 0.2) is 0 Å². The van der Waals surface area contributed by atoms with Gasteiger partial charge in [-0.05, 0) is 89.8 Å². The second-order valence-corrected chi connectivity index (χ2v) is 11.6. The molecule has 1 fully saturated rings. The van der Waals surface area contributed by atoms with Gasteiger partial charge < -0.3 is 14.8 Å². The van der Waals surface area contributed by atoms with Crippen molar-refractivity contribution >= 4 is 45.2 Å². The molecule has 0 spiro atoms. The van der Waals surface area contributed by atoms with Gasteiger partial charge >= 0.3 is 5.97 Å². The minimum atomic E-state index is -0.340. The molecule has 1 aliphatic heterocycles. The van der Waals surface area contributed by atoms with Crippen molar-refractivity contribution in [3.05, 3.63) is 90.0 Å². The van der Waals surface area contributed by atoms with Gasteiger partial charge in [-0.25, -0.2) is 4.79 Å². The summed E-state index contributed by atoms with van der Waals surface area (Å²) in [6.07, 6.45) is 4.66. The van der Waals surface area contributed by atoms with E-state index in [1.165, 1.54) is 49.7 Å². The van der Waals surface area contributed by atoms with Crippen molar-refractivity contribution in [2.24, 2.45) is 0 Å². The number of esters is 1. The Kier molecular flexibility index (Phi) is 10.5. The van der Waals surface area contributed by atoms with Crippen molar-refractivity contribution < 1.29 is 19.1 Å². The van der Waals surface area contributed by atoms with E-state index in [0.29, 0.717) is 30.2 Å². The molecule has 214 valence electrons. The number of ether oxygens (including phenoxy) is 2. The van der Waals surface area contributed by atoms with Crippen LogP contribution in [0.3, 0.4) is 0 Å². The molecule has 7 heteroatoms. The Morgan fingerprint density at radius 1 is 0.829 bits per heavy atom. The molecule has 0 radical (unpaired) electrons. The van der Waals surface area contributed by atoms with E-state index in [2.05, 4.69) is 40.5 Å². The highest BCUT2D eigenvalue weighted by molar-refractivity contribution is 7.99. The Bertz CT molecular complexity index is 1470. The standard InChI is InChI=1S/C34H38N2O4S/c37-33(35-15-8-18-39-30-13-6-9-26(21-30)24-36-16-4-1-5-17-36)25-41-20-19-40-34(38)31-14-7-12-29-22-27-10-2-3-11-28(27)23-32(29)31/h2-3,6-7,9-14,21-23H,1,4-5,8,15-20,24-25H2,(H,35,37). The summed E-state index contributed by atoms with van der Waals surface area (Å²) in [7, 11) is 0. The van der Waals surface area contributed by atoms with Crippen LogP contribution in [-0.4, -0.2) is 61.1 Å². The molecule has 41 heavy (non-hydrogen) atoms. The van der Waals surface area contributed by atoms with Gasteiger partial charge in [0.25, 0.3) is 0 Å². The maximum absolute atomic E-state index is 12.8. The average Bonchev–Trinajstić information content (AvgIpc) is 3.00. The van der Waals surface area contributed by atoms with Gasteiger partial charge in [0.05, 0.1) is 17.9 Å². The van der Waals surface area contributed by atoms with Gasteiger partial charge in [-0.3, -0.25) is 9.69 Å². The van der Waals surface area contributed by atoms with E-state index in [1.54, 1.807) is 6.07 Å². The fourth-order valence-electron chi connectivity index (χ4n) is 5.23. The van der Waals surface area contributed by atoms with Crippen LogP contribution in [-0.2, 0) is 16.1 Å². The van der Waals surface area contributed by atoms with Gasteiger partial charge in [-0.2, -0.15) is 0 Å². The highest BCUT2D eigenvalue weighted by Crippen LogP contribution is 2.26. The zero-order valence-electron chi connectivity index (χ0n) is 23.5. The number of rotatable bonds is 13. The molecular weight excluding hydrogens is 532 g/mol. The third-order valence-corrected chi connectivity index (χ3v) is 8.25. The maximum atomic E-state index is 12.8. The first-order valence-corrected chi connectivity index (χ1v) is 15.7. The highest BCUT2D eigenvalue weighted by Gasteiger charge is 2.13. The van der Waals surface area contributed by atoms with Gasteiger partial charge in [0.2, 0.25) is 5.91 Å². The molecule has 1 amide bonds. The van der Waals surface area contributed by atoms with E-state index in [1.807, 2.05) is 42.5 Å². The van der Waals surface area contributed by atoms with E-state index >= 15 is 0 Å². The molecule has 1 aliphatic rings. The molecule has 6 nitrogen and oxygen atoms in total. The number of piperidine rings is 1. The molecule has 0 aromatic heterocycles. The first kappa shape index (κ1) is 29.0. The normalized spacial score (nSPS) is 13.8. The predicted octanol–water partition coefficient (Wildman–Crippen LogP) is 6.45. The van der Waals surface area contributed by atoms with Crippen LogP contribution in [0.5, 0.6) is 5.75 Å². The fraction of sp³-hybridized carbons (Fsp3) is 0.353. The minimum absolute atomic E-state index is 0.0224. The number of benzene rings is 4. The number of hydrogen-bond donors (Lipinski definition) is 1. The first-order valence-electron chi connectivity index (χ1n) is 14.5. The van der Waals surface area contributed by atoms with Crippen molar-refractivity contribution in [3.8, 4) is 5.75 Å². The summed E-state index contributed by atoms with van der Waals surface area (Å²) in [5.41, 5.74) is 1.85. The van der Waals surface area contributed by atoms with Crippen molar-refractivity contribution in [3.63, 3.8) is 0 Å². The lowest BCUT2D eigenvalue weighted by molar-refractivity contribution is -0.118. The minimum Gasteiger partial charge on any atom is -0.494 e. The van der Waals surface area contributed by atoms with Crippen LogP contribution in [0.1, 0.15) is 41.6 Å². The summed E-state index contributed by atoms with van der Waals surface area (Å²) in [6, 6.07) is 26.3. The van der Waals surface area contributed by atoms with E-state index in [9.17, 15) is 9.59 Å². The van der Waals surface area contributed by atoms with Crippen LogP contribution < -0.4 is 10.1 Å². The van der Waals surface area contributed by atoms with Crippen LogP contribution >= 0.6 is 11.8 Å². The zero-order chi connectivity index (χ0) is 28.3. The monoisotopic (exact) mass is 570 g/mol. The quantitative estimate of drug-likeness (QED) is 0.113. The number of likely N-dealkylation sites (tertiary alicyclic amines) is 1. The molecule has 1 heterocycles. The van der Waals surface area contributed by atoms with Crippen molar-refractivity contribution in [2.45, 2.75) is 32.2 Å². The number of nitrogens with zero attached hydrogens (tertiary/aromatic N) is 1. The van der Waals surface area contributed by atoms with Crippen LogP contribution in [0.4, 0.5) is 0 Å². The maximum Gasteiger partial charge on any atom is 0.338 e. The van der Waals surface area contributed by atoms with Crippen LogP contribution in [0.2, 0.25) is 0 Å². The van der Waals surface area contributed by atoms with Crippen molar-refractivity contribution in [1.29, 1.82) is 0 Å². The Balaban J connectivity index is 0.954. The van der Waals surface area contributed by atoms with Gasteiger partial charge in [0.1, 0.15) is 12.4 Å². The number of carbonyl (C=O) groups is 2. The number of hydrogen-bond acceptors (Lipinski definition) is 6. The van der Waals surface area contributed by atoms with Crippen LogP contribution in [0.15, 0.2) is 78.9 Å². The predicted molar refractivity (Wildman–Crippen MR) is 168 cm³/mol. The summed E-state index contributed by atoms with van der Waals surface area (Å²) in [4.78, 5) is 27.5. The van der Waals surface area contributed by atoms with Crippen LogP contribution in [0, 0.1) is 0 Å². The first-order chi connectivity index (χ1) is 20.2. The highest BCUT2D eigenvalue weighted by atomic mass is 32.2. The average molecular weight is 571 g/mol. The Morgan fingerprint density at radius 2 is 1.61 bits per heavy atom.